The van der Waals surface area contributed by atoms with Crippen molar-refractivity contribution < 1.29 is 14.4 Å². The molecule has 4 amide bonds. The summed E-state index contributed by atoms with van der Waals surface area (Å²) >= 11 is 0. The van der Waals surface area contributed by atoms with Crippen LogP contribution in [0.1, 0.15) is 35.6 Å². The van der Waals surface area contributed by atoms with Crippen LogP contribution in [0.5, 0.6) is 0 Å². The normalized spacial score (nSPS) is 20.9. The summed E-state index contributed by atoms with van der Waals surface area (Å²) in [4.78, 5) is 38.8. The van der Waals surface area contributed by atoms with Crippen LogP contribution in [0.4, 0.5) is 10.5 Å². The number of imide groups is 1. The van der Waals surface area contributed by atoms with Gasteiger partial charge in [-0.2, -0.15) is 0 Å². The molecule has 1 aliphatic carbocycles. The van der Waals surface area contributed by atoms with Crippen molar-refractivity contribution in [3.8, 4) is 0 Å². The Kier molecular flexibility index (Phi) is 4.41. The molecule has 1 atom stereocenters. The molecular formula is C22H23N3O3. The van der Waals surface area contributed by atoms with Gasteiger partial charge in [0.15, 0.2) is 0 Å². The van der Waals surface area contributed by atoms with Crippen LogP contribution in [0.3, 0.4) is 0 Å². The van der Waals surface area contributed by atoms with E-state index in [4.69, 9.17) is 0 Å². The molecule has 2 aromatic rings. The predicted molar refractivity (Wildman–Crippen MR) is 106 cm³/mol. The number of urea groups is 1. The van der Waals surface area contributed by atoms with Gasteiger partial charge in [0.25, 0.3) is 5.91 Å². The number of hydrogen-bond acceptors (Lipinski definition) is 3. The Balaban J connectivity index is 1.50. The van der Waals surface area contributed by atoms with Gasteiger partial charge < -0.3 is 10.6 Å². The molecule has 2 N–H and O–H groups in total. The number of benzene rings is 2. The van der Waals surface area contributed by atoms with E-state index in [9.17, 15) is 14.4 Å². The third-order valence-corrected chi connectivity index (χ3v) is 5.59. The van der Waals surface area contributed by atoms with Crippen LogP contribution in [0.2, 0.25) is 0 Å². The first-order valence-corrected chi connectivity index (χ1v) is 9.50. The van der Waals surface area contributed by atoms with E-state index in [0.717, 1.165) is 35.3 Å². The lowest BCUT2D eigenvalue weighted by atomic mass is 9.89. The minimum Gasteiger partial charge on any atom is -0.325 e. The summed E-state index contributed by atoms with van der Waals surface area (Å²) < 4.78 is 0. The van der Waals surface area contributed by atoms with E-state index in [1.807, 2.05) is 37.3 Å². The third-order valence-electron chi connectivity index (χ3n) is 5.59. The van der Waals surface area contributed by atoms with Crippen LogP contribution < -0.4 is 10.6 Å². The second-order valence-corrected chi connectivity index (χ2v) is 7.70. The minimum absolute atomic E-state index is 0.320. The highest BCUT2D eigenvalue weighted by Crippen LogP contribution is 2.32. The second kappa shape index (κ2) is 6.78. The molecule has 2 aliphatic rings. The standard InChI is InChI=1S/C22H23N3O3/c1-14-6-10-18(11-7-14)23-19(26)13-25-20(27)22(2,24-21(25)28)17-9-8-15-4-3-5-16(15)12-17/h6-12H,3-5,13H2,1-2H3,(H,23,26)(H,24,28). The van der Waals surface area contributed by atoms with Crippen molar-refractivity contribution in [1.82, 2.24) is 10.2 Å². The Morgan fingerprint density at radius 1 is 1.11 bits per heavy atom. The maximum Gasteiger partial charge on any atom is 0.325 e. The van der Waals surface area contributed by atoms with Gasteiger partial charge in [0.2, 0.25) is 5.91 Å². The maximum absolute atomic E-state index is 13.0. The van der Waals surface area contributed by atoms with Gasteiger partial charge in [0, 0.05) is 5.69 Å². The van der Waals surface area contributed by atoms with Crippen molar-refractivity contribution in [2.45, 2.75) is 38.6 Å². The first-order chi connectivity index (χ1) is 13.4. The molecule has 28 heavy (non-hydrogen) atoms. The highest BCUT2D eigenvalue weighted by Gasteiger charge is 2.49. The number of amides is 4. The fourth-order valence-corrected chi connectivity index (χ4v) is 3.90. The maximum atomic E-state index is 13.0. The molecule has 6 heteroatoms. The van der Waals surface area contributed by atoms with Crippen molar-refractivity contribution in [1.29, 1.82) is 0 Å². The molecule has 1 heterocycles. The van der Waals surface area contributed by atoms with Crippen LogP contribution in [0.25, 0.3) is 0 Å². The van der Waals surface area contributed by atoms with Gasteiger partial charge in [-0.3, -0.25) is 14.5 Å². The molecule has 2 aromatic carbocycles. The van der Waals surface area contributed by atoms with Crippen LogP contribution >= 0.6 is 0 Å². The molecule has 1 fully saturated rings. The van der Waals surface area contributed by atoms with Crippen molar-refractivity contribution >= 4 is 23.5 Å². The molecule has 0 saturated carbocycles. The predicted octanol–water partition coefficient (Wildman–Crippen LogP) is 2.89. The number of hydrogen-bond donors (Lipinski definition) is 2. The lowest BCUT2D eigenvalue weighted by Crippen LogP contribution is -2.42. The average molecular weight is 377 g/mol. The first kappa shape index (κ1) is 18.2. The van der Waals surface area contributed by atoms with Gasteiger partial charge in [-0.15, -0.1) is 0 Å². The van der Waals surface area contributed by atoms with Gasteiger partial charge in [-0.1, -0.05) is 35.9 Å². The molecule has 1 saturated heterocycles. The smallest absolute Gasteiger partial charge is 0.325 e. The molecule has 144 valence electrons. The molecule has 6 nitrogen and oxygen atoms in total. The molecule has 1 aliphatic heterocycles. The lowest BCUT2D eigenvalue weighted by molar-refractivity contribution is -0.133. The Bertz CT molecular complexity index is 967. The summed E-state index contributed by atoms with van der Waals surface area (Å²) in [6.07, 6.45) is 3.16. The number of anilines is 1. The second-order valence-electron chi connectivity index (χ2n) is 7.70. The SMILES string of the molecule is Cc1ccc(NC(=O)CN2C(=O)NC(C)(c3ccc4c(c3)CCC4)C2=O)cc1. The van der Waals surface area contributed by atoms with E-state index < -0.39 is 23.4 Å². The summed E-state index contributed by atoms with van der Waals surface area (Å²) in [6, 6.07) is 12.7. The number of carbonyl (C=O) groups is 3. The zero-order chi connectivity index (χ0) is 19.9. The molecule has 1 unspecified atom stereocenters. The number of carbonyl (C=O) groups excluding carboxylic acids is 3. The molecular weight excluding hydrogens is 354 g/mol. The molecule has 0 radical (unpaired) electrons. The van der Waals surface area contributed by atoms with Crippen molar-refractivity contribution in [2.24, 2.45) is 0 Å². The number of rotatable bonds is 4. The fourth-order valence-electron chi connectivity index (χ4n) is 3.90. The van der Waals surface area contributed by atoms with Crippen LogP contribution in [0, 0.1) is 6.92 Å². The van der Waals surface area contributed by atoms with E-state index in [2.05, 4.69) is 10.6 Å². The highest BCUT2D eigenvalue weighted by atomic mass is 16.2. The summed E-state index contributed by atoms with van der Waals surface area (Å²) in [6.45, 7) is 3.33. The molecule has 0 spiro atoms. The summed E-state index contributed by atoms with van der Waals surface area (Å²) in [5, 5.41) is 5.50. The van der Waals surface area contributed by atoms with Gasteiger partial charge >= 0.3 is 6.03 Å². The Morgan fingerprint density at radius 3 is 2.57 bits per heavy atom. The third kappa shape index (κ3) is 3.15. The van der Waals surface area contributed by atoms with E-state index in [0.29, 0.717) is 5.69 Å². The number of nitrogens with zero attached hydrogens (tertiary/aromatic N) is 1. The van der Waals surface area contributed by atoms with Crippen LogP contribution in [0.15, 0.2) is 42.5 Å². The number of nitrogens with one attached hydrogen (secondary N) is 2. The zero-order valence-corrected chi connectivity index (χ0v) is 16.0. The van der Waals surface area contributed by atoms with Crippen molar-refractivity contribution in [3.05, 3.63) is 64.7 Å². The van der Waals surface area contributed by atoms with Gasteiger partial charge in [-0.05, 0) is 61.9 Å². The Labute approximate surface area is 163 Å². The lowest BCUT2D eigenvalue weighted by Gasteiger charge is -2.23. The van der Waals surface area contributed by atoms with E-state index in [1.54, 1.807) is 19.1 Å². The summed E-state index contributed by atoms with van der Waals surface area (Å²) in [5.74, 6) is -0.819. The minimum atomic E-state index is -1.15. The topological polar surface area (TPSA) is 78.5 Å². The Morgan fingerprint density at radius 2 is 1.82 bits per heavy atom. The summed E-state index contributed by atoms with van der Waals surface area (Å²) in [7, 11) is 0. The van der Waals surface area contributed by atoms with Crippen LogP contribution in [-0.2, 0) is 28.0 Å². The van der Waals surface area contributed by atoms with Gasteiger partial charge in [0.05, 0.1) is 0 Å². The largest absolute Gasteiger partial charge is 0.325 e. The molecule has 4 rings (SSSR count). The average Bonchev–Trinajstić information content (AvgIpc) is 3.22. The number of aryl methyl sites for hydroxylation is 3. The zero-order valence-electron chi connectivity index (χ0n) is 16.0. The highest BCUT2D eigenvalue weighted by molar-refractivity contribution is 6.10. The van der Waals surface area contributed by atoms with Crippen LogP contribution in [-0.4, -0.2) is 29.3 Å². The van der Waals surface area contributed by atoms with Crippen molar-refractivity contribution in [3.63, 3.8) is 0 Å². The Hall–Kier alpha value is -3.15. The fraction of sp³-hybridized carbons (Fsp3) is 0.318. The monoisotopic (exact) mass is 377 g/mol. The number of fused-ring (bicyclic) bond motifs is 1. The van der Waals surface area contributed by atoms with Gasteiger partial charge in [0.1, 0.15) is 12.1 Å². The van der Waals surface area contributed by atoms with Crippen molar-refractivity contribution in [2.75, 3.05) is 11.9 Å². The summed E-state index contributed by atoms with van der Waals surface area (Å²) in [5.41, 5.74) is 3.85. The molecule has 0 aromatic heterocycles. The van der Waals surface area contributed by atoms with E-state index >= 15 is 0 Å². The van der Waals surface area contributed by atoms with E-state index in [1.165, 1.54) is 11.1 Å². The quantitative estimate of drug-likeness (QED) is 0.804. The van der Waals surface area contributed by atoms with Gasteiger partial charge in [-0.25, -0.2) is 4.79 Å². The first-order valence-electron chi connectivity index (χ1n) is 9.50. The molecule has 0 bridgehead atoms. The van der Waals surface area contributed by atoms with E-state index in [-0.39, 0.29) is 6.54 Å².